The van der Waals surface area contributed by atoms with Crippen molar-refractivity contribution in [1.29, 1.82) is 0 Å². The zero-order valence-corrected chi connectivity index (χ0v) is 31.2. The van der Waals surface area contributed by atoms with Crippen LogP contribution < -0.4 is 0 Å². The third kappa shape index (κ3) is 6.31. The molecule has 5 nitrogen and oxygen atoms in total. The first-order chi connectivity index (χ1) is 28.1. The lowest BCUT2D eigenvalue weighted by atomic mass is 9.95. The molecule has 3 heterocycles. The molecule has 0 amide bonds. The fourth-order valence-electron chi connectivity index (χ4n) is 7.60. The minimum Gasteiger partial charge on any atom is -0.456 e. The van der Waals surface area contributed by atoms with Crippen LogP contribution >= 0.6 is 0 Å². The molecular weight excluding hydrogens is 699 g/mol. The van der Waals surface area contributed by atoms with E-state index in [9.17, 15) is 0 Å². The number of hydrogen-bond acceptors (Lipinski definition) is 5. The molecule has 0 fully saturated rings. The molecule has 0 bridgehead atoms. The highest BCUT2D eigenvalue weighted by molar-refractivity contribution is 6.18. The Morgan fingerprint density at radius 1 is 0.474 bits per heavy atom. The predicted molar refractivity (Wildman–Crippen MR) is 234 cm³/mol. The van der Waals surface area contributed by atoms with Crippen molar-refractivity contribution in [2.45, 2.75) is 6.92 Å². The van der Waals surface area contributed by atoms with Crippen molar-refractivity contribution in [2.24, 2.45) is 0 Å². The molecular formula is C52H35N3O2. The molecule has 0 aliphatic heterocycles. The van der Waals surface area contributed by atoms with E-state index in [-0.39, 0.29) is 0 Å². The Morgan fingerprint density at radius 2 is 1.04 bits per heavy atom. The van der Waals surface area contributed by atoms with E-state index in [0.29, 0.717) is 17.5 Å². The molecule has 270 valence electrons. The monoisotopic (exact) mass is 733 g/mol. The van der Waals surface area contributed by atoms with Gasteiger partial charge in [-0.05, 0) is 70.7 Å². The van der Waals surface area contributed by atoms with Crippen LogP contribution in [0.25, 0.3) is 100 Å². The van der Waals surface area contributed by atoms with E-state index >= 15 is 0 Å². The second kappa shape index (κ2) is 14.2. The number of fused-ring (bicyclic) bond motifs is 6. The minimum absolute atomic E-state index is 0.589. The Morgan fingerprint density at radius 3 is 1.79 bits per heavy atom. The zero-order chi connectivity index (χ0) is 38.3. The molecule has 0 saturated carbocycles. The summed E-state index contributed by atoms with van der Waals surface area (Å²) in [6.45, 7) is 6.60. The highest BCUT2D eigenvalue weighted by Gasteiger charge is 2.18. The lowest BCUT2D eigenvalue weighted by Gasteiger charge is -2.11. The van der Waals surface area contributed by atoms with Gasteiger partial charge in [0, 0.05) is 44.3 Å². The number of aromatic nitrogens is 3. The third-order valence-corrected chi connectivity index (χ3v) is 10.4. The van der Waals surface area contributed by atoms with E-state index in [1.807, 2.05) is 91.9 Å². The van der Waals surface area contributed by atoms with Crippen molar-refractivity contribution in [3.05, 3.63) is 200 Å². The van der Waals surface area contributed by atoms with Gasteiger partial charge < -0.3 is 8.83 Å². The van der Waals surface area contributed by atoms with Crippen LogP contribution in [-0.2, 0) is 0 Å². The Labute approximate surface area is 329 Å². The second-order valence-corrected chi connectivity index (χ2v) is 14.0. The summed E-state index contributed by atoms with van der Waals surface area (Å²) in [6, 6.07) is 55.6. The van der Waals surface area contributed by atoms with Crippen molar-refractivity contribution < 1.29 is 8.83 Å². The fourth-order valence-corrected chi connectivity index (χ4v) is 7.60. The van der Waals surface area contributed by atoms with Crippen LogP contribution in [-0.4, -0.2) is 15.0 Å². The smallest absolute Gasteiger partial charge is 0.164 e. The third-order valence-electron chi connectivity index (χ3n) is 10.4. The molecule has 0 radical (unpaired) electrons. The van der Waals surface area contributed by atoms with Crippen LogP contribution in [0.4, 0.5) is 0 Å². The number of rotatable bonds is 8. The van der Waals surface area contributed by atoms with Gasteiger partial charge in [0.05, 0.1) is 0 Å². The molecule has 7 aromatic carbocycles. The van der Waals surface area contributed by atoms with Gasteiger partial charge in [0.15, 0.2) is 17.5 Å². The van der Waals surface area contributed by atoms with E-state index in [1.165, 1.54) is 0 Å². The highest BCUT2D eigenvalue weighted by atomic mass is 16.3. The molecule has 0 saturated heterocycles. The first kappa shape index (κ1) is 33.9. The van der Waals surface area contributed by atoms with E-state index in [0.717, 1.165) is 94.0 Å². The van der Waals surface area contributed by atoms with Gasteiger partial charge in [-0.25, -0.2) is 15.0 Å². The zero-order valence-electron chi connectivity index (χ0n) is 31.2. The first-order valence-electron chi connectivity index (χ1n) is 19.0. The summed E-state index contributed by atoms with van der Waals surface area (Å²) in [4.78, 5) is 15.0. The van der Waals surface area contributed by atoms with E-state index in [1.54, 1.807) is 0 Å². The maximum atomic E-state index is 6.44. The normalized spacial score (nSPS) is 12.1. The van der Waals surface area contributed by atoms with Crippen molar-refractivity contribution in [3.8, 4) is 45.3 Å². The molecule has 10 aromatic rings. The number of allylic oxidation sites excluding steroid dienone is 5. The van der Waals surface area contributed by atoms with Gasteiger partial charge in [0.1, 0.15) is 22.3 Å². The van der Waals surface area contributed by atoms with Gasteiger partial charge >= 0.3 is 0 Å². The summed E-state index contributed by atoms with van der Waals surface area (Å²) < 4.78 is 12.6. The molecule has 0 unspecified atom stereocenters. The van der Waals surface area contributed by atoms with Crippen LogP contribution in [0.15, 0.2) is 197 Å². The molecule has 5 heteroatoms. The summed E-state index contributed by atoms with van der Waals surface area (Å²) in [5, 5.41) is 4.24. The molecule has 0 aliphatic carbocycles. The molecule has 0 spiro atoms. The number of nitrogens with zero attached hydrogens (tertiary/aromatic N) is 3. The molecule has 10 rings (SSSR count). The summed E-state index contributed by atoms with van der Waals surface area (Å²) in [7, 11) is 0. The average molecular weight is 734 g/mol. The van der Waals surface area contributed by atoms with Crippen LogP contribution in [0.1, 0.15) is 18.1 Å². The predicted octanol–water partition coefficient (Wildman–Crippen LogP) is 14.0. The molecule has 0 atom stereocenters. The van der Waals surface area contributed by atoms with Crippen molar-refractivity contribution in [1.82, 2.24) is 15.0 Å². The largest absolute Gasteiger partial charge is 0.456 e. The van der Waals surface area contributed by atoms with Crippen molar-refractivity contribution in [3.63, 3.8) is 0 Å². The quantitative estimate of drug-likeness (QED) is 0.146. The van der Waals surface area contributed by atoms with Crippen LogP contribution in [0.3, 0.4) is 0 Å². The average Bonchev–Trinajstić information content (AvgIpc) is 3.83. The maximum Gasteiger partial charge on any atom is 0.164 e. The molecule has 0 aliphatic rings. The van der Waals surface area contributed by atoms with Gasteiger partial charge in [0.25, 0.3) is 0 Å². The lowest BCUT2D eigenvalue weighted by Crippen LogP contribution is -2.00. The summed E-state index contributed by atoms with van der Waals surface area (Å²) in [5.41, 5.74) is 12.2. The standard InChI is InChI=1S/C52H35N3O2/c1-3-14-39(41-22-13-24-46-49(41)44-31-43-42-21-10-11-23-45(42)56-47(43)32-48(44)57-46)29-33(2)38-19-12-20-40(30-38)52-54-50(36-17-8-5-9-18-36)53-51(55-52)37-27-25-35(26-28-37)34-15-6-4-7-16-34/h3-32H,2H2,1H3/b14-3-,39-29+. The van der Waals surface area contributed by atoms with Crippen LogP contribution in [0, 0.1) is 0 Å². The lowest BCUT2D eigenvalue weighted by molar-refractivity contribution is 0.656. The van der Waals surface area contributed by atoms with Gasteiger partial charge in [0.2, 0.25) is 0 Å². The van der Waals surface area contributed by atoms with Gasteiger partial charge in [-0.1, -0.05) is 152 Å². The van der Waals surface area contributed by atoms with Gasteiger partial charge in [-0.2, -0.15) is 0 Å². The van der Waals surface area contributed by atoms with E-state index < -0.39 is 0 Å². The Bertz CT molecular complexity index is 3190. The van der Waals surface area contributed by atoms with Crippen LogP contribution in [0.5, 0.6) is 0 Å². The number of benzene rings is 7. The van der Waals surface area contributed by atoms with Crippen molar-refractivity contribution >= 4 is 55.0 Å². The van der Waals surface area contributed by atoms with Crippen molar-refractivity contribution in [2.75, 3.05) is 0 Å². The molecule has 57 heavy (non-hydrogen) atoms. The number of hydrogen-bond donors (Lipinski definition) is 0. The van der Waals surface area contributed by atoms with E-state index in [2.05, 4.69) is 104 Å². The minimum atomic E-state index is 0.589. The van der Waals surface area contributed by atoms with E-state index in [4.69, 9.17) is 23.8 Å². The second-order valence-electron chi connectivity index (χ2n) is 14.0. The van der Waals surface area contributed by atoms with Gasteiger partial charge in [-0.3, -0.25) is 0 Å². The highest BCUT2D eigenvalue weighted by Crippen LogP contribution is 2.40. The molecule has 0 N–H and O–H groups in total. The molecule has 3 aromatic heterocycles. The summed E-state index contributed by atoms with van der Waals surface area (Å²) >= 11 is 0. The number of para-hydroxylation sites is 1. The summed E-state index contributed by atoms with van der Waals surface area (Å²) in [5.74, 6) is 1.81. The van der Waals surface area contributed by atoms with Gasteiger partial charge in [-0.15, -0.1) is 0 Å². The first-order valence-corrected chi connectivity index (χ1v) is 19.0. The SMILES string of the molecule is C=C(/C=C(\C=C/C)c1cccc2oc3cc4oc5ccccc5c4cc3c12)c1cccc(-c2nc(-c3ccccc3)nc(-c3ccc(-c4ccccc4)cc3)n2)c1. The summed E-state index contributed by atoms with van der Waals surface area (Å²) in [6.07, 6.45) is 6.32. The Balaban J connectivity index is 1.04. The fraction of sp³-hybridized carbons (Fsp3) is 0.0192. The Hall–Kier alpha value is -7.63. The Kier molecular flexibility index (Phi) is 8.46. The maximum absolute atomic E-state index is 6.44. The van der Waals surface area contributed by atoms with Crippen LogP contribution in [0.2, 0.25) is 0 Å². The topological polar surface area (TPSA) is 65.0 Å². The number of furan rings is 2.